The van der Waals surface area contributed by atoms with Gasteiger partial charge in [0.2, 0.25) is 17.2 Å². The fourth-order valence-corrected chi connectivity index (χ4v) is 13.9. The largest absolute Gasteiger partial charge is 0.505 e. The van der Waals surface area contributed by atoms with E-state index in [1.54, 1.807) is 6.92 Å². The van der Waals surface area contributed by atoms with E-state index < -0.39 is 59.0 Å². The predicted octanol–water partition coefficient (Wildman–Crippen LogP) is 10.8. The minimum atomic E-state index is -1.29. The van der Waals surface area contributed by atoms with E-state index in [2.05, 4.69) is 56.6 Å². The van der Waals surface area contributed by atoms with Crippen LogP contribution >= 0.6 is 0 Å². The summed E-state index contributed by atoms with van der Waals surface area (Å²) in [7, 11) is 0. The first-order chi connectivity index (χ1) is 35.2. The third-order valence-electron chi connectivity index (χ3n) is 17.7. The molecule has 2 aromatic rings. The van der Waals surface area contributed by atoms with Crippen molar-refractivity contribution in [2.24, 2.45) is 46.3 Å². The number of carbonyl (C=O) groups is 5. The number of aromatic hydroxyl groups is 1. The van der Waals surface area contributed by atoms with E-state index in [-0.39, 0.29) is 83.3 Å². The number of phenols is 1. The number of nitrogens with one attached hydrogen (secondary N) is 3. The van der Waals surface area contributed by atoms with Crippen LogP contribution in [-0.2, 0) is 23.9 Å². The van der Waals surface area contributed by atoms with Gasteiger partial charge in [0, 0.05) is 66.6 Å². The molecule has 6 aliphatic rings. The Morgan fingerprint density at radius 3 is 2.36 bits per heavy atom. The Morgan fingerprint density at radius 1 is 0.851 bits per heavy atom. The summed E-state index contributed by atoms with van der Waals surface area (Å²) in [6, 6.07) is 7.11. The van der Waals surface area contributed by atoms with Crippen molar-refractivity contribution in [1.82, 2.24) is 16.0 Å². The molecule has 4 unspecified atom stereocenters. The summed E-state index contributed by atoms with van der Waals surface area (Å²) < 4.78 is 41.1. The number of carboxylic acid groups (broad SMARTS) is 1. The standard InChI is InChI=1S/C59H73F2N3O10/c1-32(2)8-7-9-33(3)42-14-15-43-39-13-11-36-27-37(18-22-58(36,5)44(39)19-23-59(42,43)6)73-54(70)21-25-62-52(67)20-24-63-57(72)47(16-17-53(68)69)64-56(71)35-10-12-38(34(4)26-35)55-40-28-45(60)48(65)30-50(40)74-51-31-49(66)46(61)29-41(51)55/h10-12,26,28-33,37,39,42-44,47,65H,7-9,13-25,27H2,1-6H3,(H,62,67)(H,63,72)(H,64,71)(H,68,69)/t33-,37+,39+,42?,43+,44?,47+,58?,59?/m1/s1. The van der Waals surface area contributed by atoms with Crippen LogP contribution in [-0.4, -0.2) is 65.1 Å². The molecule has 0 bridgehead atoms. The number of rotatable bonds is 19. The van der Waals surface area contributed by atoms with Crippen molar-refractivity contribution in [2.75, 3.05) is 13.1 Å². The topological polar surface area (TPSA) is 201 Å². The number of phenolic OH excluding ortho intramolecular Hbond substituents is 1. The first-order valence-corrected chi connectivity index (χ1v) is 26.8. The first kappa shape index (κ1) is 54.2. The normalized spacial score (nSPS) is 25.0. The van der Waals surface area contributed by atoms with Gasteiger partial charge in [0.1, 0.15) is 23.5 Å². The average Bonchev–Trinajstić information content (AvgIpc) is 3.71. The summed E-state index contributed by atoms with van der Waals surface area (Å²) in [6.45, 7) is 13.8. The Hall–Kier alpha value is -6.12. The van der Waals surface area contributed by atoms with E-state index in [4.69, 9.17) is 9.15 Å². The van der Waals surface area contributed by atoms with Crippen molar-refractivity contribution in [3.8, 4) is 28.2 Å². The number of halogens is 2. The van der Waals surface area contributed by atoms with Gasteiger partial charge in [0.05, 0.1) is 6.42 Å². The van der Waals surface area contributed by atoms with Crippen LogP contribution in [0.15, 0.2) is 63.3 Å². The number of hydrogen-bond donors (Lipinski definition) is 5. The molecule has 15 heteroatoms. The van der Waals surface area contributed by atoms with Crippen molar-refractivity contribution < 1.29 is 52.1 Å². The zero-order valence-electron chi connectivity index (χ0n) is 43.7. The molecule has 0 aromatic heterocycles. The van der Waals surface area contributed by atoms with Gasteiger partial charge in [-0.2, -0.15) is 0 Å². The number of hydrogen-bond acceptors (Lipinski definition) is 9. The molecule has 13 nitrogen and oxygen atoms in total. The van der Waals surface area contributed by atoms with E-state index in [0.717, 1.165) is 79.5 Å². The van der Waals surface area contributed by atoms with Gasteiger partial charge in [-0.05, 0) is 140 Å². The molecule has 398 valence electrons. The number of benzene rings is 3. The van der Waals surface area contributed by atoms with Crippen LogP contribution in [0.3, 0.4) is 0 Å². The number of aryl methyl sites for hydroxylation is 1. The molecular weight excluding hydrogens is 949 g/mol. The number of ether oxygens (including phenoxy) is 1. The van der Waals surface area contributed by atoms with Crippen molar-refractivity contribution in [1.29, 1.82) is 0 Å². The second kappa shape index (κ2) is 22.4. The highest BCUT2D eigenvalue weighted by Crippen LogP contribution is 2.67. The van der Waals surface area contributed by atoms with E-state index in [9.17, 15) is 47.8 Å². The summed E-state index contributed by atoms with van der Waals surface area (Å²) in [4.78, 5) is 76.5. The molecule has 0 radical (unpaired) electrons. The van der Waals surface area contributed by atoms with Gasteiger partial charge in [-0.3, -0.25) is 28.8 Å². The monoisotopic (exact) mass is 1020 g/mol. The summed E-state index contributed by atoms with van der Waals surface area (Å²) in [6.07, 6.45) is 14.4. The Morgan fingerprint density at radius 2 is 1.62 bits per heavy atom. The molecule has 8 rings (SSSR count). The van der Waals surface area contributed by atoms with Crippen LogP contribution in [0.25, 0.3) is 33.4 Å². The SMILES string of the molecule is Cc1cc(C(=O)N[C@@H](CCC(=O)O)C(=O)NCCC(=O)NCCC(=O)O[C@H]2CCC3(C)C(=CC[C@@H]4C3CCC3(C)C([C@H](C)CCCC(C)C)CC[C@@H]43)C2)ccc1-c1c2cc(F)c(=O)cc-2oc2cc(O)c(F)cc12. The average molecular weight is 1020 g/mol. The third kappa shape index (κ3) is 11.4. The quantitative estimate of drug-likeness (QED) is 0.0342. The van der Waals surface area contributed by atoms with Gasteiger partial charge in [-0.25, -0.2) is 8.78 Å². The molecule has 0 spiro atoms. The predicted molar refractivity (Wildman–Crippen MR) is 277 cm³/mol. The number of carboxylic acids is 1. The van der Waals surface area contributed by atoms with Crippen LogP contribution in [0.4, 0.5) is 8.78 Å². The van der Waals surface area contributed by atoms with Gasteiger partial charge >= 0.3 is 11.9 Å². The van der Waals surface area contributed by atoms with Crippen LogP contribution in [0.5, 0.6) is 5.75 Å². The zero-order chi connectivity index (χ0) is 53.2. The minimum Gasteiger partial charge on any atom is -0.505 e. The third-order valence-corrected chi connectivity index (χ3v) is 17.7. The van der Waals surface area contributed by atoms with E-state index in [1.165, 1.54) is 68.7 Å². The first-order valence-electron chi connectivity index (χ1n) is 26.8. The summed E-state index contributed by atoms with van der Waals surface area (Å²) in [5, 5.41) is 27.5. The van der Waals surface area contributed by atoms with E-state index in [1.807, 2.05) is 0 Å². The van der Waals surface area contributed by atoms with Crippen molar-refractivity contribution >= 4 is 40.6 Å². The number of aliphatic carboxylic acids is 1. The Kier molecular flexibility index (Phi) is 16.4. The lowest BCUT2D eigenvalue weighted by Crippen LogP contribution is -2.51. The Labute approximate surface area is 432 Å². The van der Waals surface area contributed by atoms with Crippen molar-refractivity contribution in [2.45, 2.75) is 150 Å². The van der Waals surface area contributed by atoms with E-state index >= 15 is 0 Å². The molecule has 2 aromatic carbocycles. The van der Waals surface area contributed by atoms with E-state index in [0.29, 0.717) is 22.5 Å². The lowest BCUT2D eigenvalue weighted by molar-refractivity contribution is -0.151. The molecule has 3 amide bonds. The molecule has 1 heterocycles. The van der Waals surface area contributed by atoms with Gasteiger partial charge in [-0.1, -0.05) is 71.6 Å². The lowest BCUT2D eigenvalue weighted by atomic mass is 9.47. The maximum atomic E-state index is 14.7. The molecule has 74 heavy (non-hydrogen) atoms. The highest BCUT2D eigenvalue weighted by Gasteiger charge is 2.59. The molecular formula is C59H73F2N3O10. The molecule has 0 saturated heterocycles. The number of amides is 3. The minimum absolute atomic E-state index is 0.00501. The van der Waals surface area contributed by atoms with Gasteiger partial charge in [0.25, 0.3) is 5.91 Å². The molecule has 5 N–H and O–H groups in total. The maximum Gasteiger partial charge on any atom is 0.307 e. The number of allylic oxidation sites excluding steroid dienone is 1. The zero-order valence-corrected chi connectivity index (χ0v) is 43.7. The summed E-state index contributed by atoms with van der Waals surface area (Å²) >= 11 is 0. The Bertz CT molecular complexity index is 2860. The second-order valence-electron chi connectivity index (χ2n) is 22.8. The number of carbonyl (C=O) groups excluding carboxylic acids is 4. The van der Waals surface area contributed by atoms with Gasteiger partial charge < -0.3 is 35.3 Å². The Balaban J connectivity index is 0.801. The van der Waals surface area contributed by atoms with Crippen LogP contribution in [0.1, 0.15) is 147 Å². The fourth-order valence-electron chi connectivity index (χ4n) is 13.9. The molecule has 3 fully saturated rings. The molecule has 9 atom stereocenters. The highest BCUT2D eigenvalue weighted by atomic mass is 19.1. The van der Waals surface area contributed by atoms with Crippen molar-refractivity contribution in [3.05, 3.63) is 87.1 Å². The number of fused-ring (bicyclic) bond motifs is 7. The van der Waals surface area contributed by atoms with Gasteiger partial charge in [0.15, 0.2) is 17.4 Å². The van der Waals surface area contributed by atoms with Crippen molar-refractivity contribution in [3.63, 3.8) is 0 Å². The maximum absolute atomic E-state index is 14.7. The fraction of sp³-hybridized carbons (Fsp3) is 0.559. The lowest BCUT2D eigenvalue weighted by Gasteiger charge is -2.58. The molecule has 5 aliphatic carbocycles. The highest BCUT2D eigenvalue weighted by molar-refractivity contribution is 6.04. The second-order valence-corrected chi connectivity index (χ2v) is 22.8. The van der Waals surface area contributed by atoms with Crippen LogP contribution in [0, 0.1) is 64.9 Å². The van der Waals surface area contributed by atoms with Gasteiger partial charge in [-0.15, -0.1) is 0 Å². The number of esters is 1. The van der Waals surface area contributed by atoms with Crippen LogP contribution < -0.4 is 21.4 Å². The summed E-state index contributed by atoms with van der Waals surface area (Å²) in [5.41, 5.74) is 2.44. The molecule has 1 aliphatic heterocycles. The molecule has 3 saturated carbocycles. The smallest absolute Gasteiger partial charge is 0.307 e. The van der Waals surface area contributed by atoms with Crippen LogP contribution in [0.2, 0.25) is 0 Å². The summed E-state index contributed by atoms with van der Waals surface area (Å²) in [5.74, 6) is -1.66.